The van der Waals surface area contributed by atoms with Crippen LogP contribution in [0, 0.1) is 4.91 Å². The summed E-state index contributed by atoms with van der Waals surface area (Å²) in [6, 6.07) is 5.68. The molecule has 78 valence electrons. The van der Waals surface area contributed by atoms with Crippen LogP contribution in [0.5, 0.6) is 5.88 Å². The molecular weight excluding hydrogens is 192 g/mol. The van der Waals surface area contributed by atoms with Crippen LogP contribution >= 0.6 is 0 Å². The molecule has 2 rings (SSSR count). The van der Waals surface area contributed by atoms with E-state index in [1.807, 2.05) is 18.2 Å². The predicted octanol–water partition coefficient (Wildman–Crippen LogP) is 3.22. The zero-order chi connectivity index (χ0) is 10.8. The third-order valence-corrected chi connectivity index (χ3v) is 2.48. The third kappa shape index (κ3) is 1.48. The first-order valence-corrected chi connectivity index (χ1v) is 4.93. The minimum Gasteiger partial charge on any atom is -0.493 e. The molecule has 0 amide bonds. The van der Waals surface area contributed by atoms with Crippen molar-refractivity contribution in [1.29, 1.82) is 0 Å². The largest absolute Gasteiger partial charge is 0.493 e. The highest BCUT2D eigenvalue weighted by Crippen LogP contribution is 2.37. The second kappa shape index (κ2) is 3.73. The van der Waals surface area contributed by atoms with Crippen LogP contribution in [0.3, 0.4) is 0 Å². The molecule has 0 atom stereocenters. The van der Waals surface area contributed by atoms with E-state index in [9.17, 15) is 10.0 Å². The van der Waals surface area contributed by atoms with Gasteiger partial charge < -0.3 is 10.1 Å². The number of fused-ring (bicyclic) bond motifs is 1. The van der Waals surface area contributed by atoms with E-state index in [1.54, 1.807) is 0 Å². The molecule has 4 nitrogen and oxygen atoms in total. The van der Waals surface area contributed by atoms with E-state index in [4.69, 9.17) is 0 Å². The van der Waals surface area contributed by atoms with Crippen molar-refractivity contribution in [3.8, 4) is 5.88 Å². The molecule has 0 bridgehead atoms. The van der Waals surface area contributed by atoms with Crippen LogP contribution < -0.4 is 0 Å². The molecule has 15 heavy (non-hydrogen) atoms. The quantitative estimate of drug-likeness (QED) is 0.754. The second-order valence-electron chi connectivity index (χ2n) is 3.50. The lowest BCUT2D eigenvalue weighted by Gasteiger charge is -2.00. The molecule has 0 aliphatic heterocycles. The summed E-state index contributed by atoms with van der Waals surface area (Å²) in [5, 5.41) is 13.1. The maximum absolute atomic E-state index is 10.6. The fourth-order valence-electron chi connectivity index (χ4n) is 1.86. The van der Waals surface area contributed by atoms with E-state index in [0.29, 0.717) is 0 Å². The molecule has 1 aromatic carbocycles. The zero-order valence-corrected chi connectivity index (χ0v) is 8.45. The van der Waals surface area contributed by atoms with Gasteiger partial charge in [-0.25, -0.2) is 0 Å². The Bertz CT molecular complexity index is 503. The summed E-state index contributed by atoms with van der Waals surface area (Å²) >= 11 is 0. The molecule has 0 unspecified atom stereocenters. The summed E-state index contributed by atoms with van der Waals surface area (Å²) in [5.74, 6) is -0.149. The number of aromatic nitrogens is 1. The Balaban J connectivity index is 2.75. The number of nitrogens with one attached hydrogen (secondary N) is 1. The number of aryl methyl sites for hydroxylation is 1. The highest BCUT2D eigenvalue weighted by atomic mass is 16.3. The summed E-state index contributed by atoms with van der Waals surface area (Å²) in [6.07, 6.45) is 1.86. The molecule has 0 aliphatic carbocycles. The third-order valence-electron chi connectivity index (χ3n) is 2.48. The van der Waals surface area contributed by atoms with Crippen molar-refractivity contribution in [2.24, 2.45) is 5.18 Å². The Morgan fingerprint density at radius 2 is 2.27 bits per heavy atom. The lowest BCUT2D eigenvalue weighted by Crippen LogP contribution is -1.83. The molecule has 0 aliphatic rings. The molecule has 2 N–H and O–H groups in total. The summed E-state index contributed by atoms with van der Waals surface area (Å²) < 4.78 is 0. The average Bonchev–Trinajstić information content (AvgIpc) is 2.55. The Kier molecular flexibility index (Phi) is 2.41. The predicted molar refractivity (Wildman–Crippen MR) is 59.4 cm³/mol. The highest BCUT2D eigenvalue weighted by Gasteiger charge is 2.13. The molecular formula is C11H12N2O2. The summed E-state index contributed by atoms with van der Waals surface area (Å²) in [5.41, 5.74) is 1.92. The fraction of sp³-hybridized carbons (Fsp3) is 0.273. The van der Waals surface area contributed by atoms with Gasteiger partial charge >= 0.3 is 0 Å². The molecule has 0 spiro atoms. The number of aromatic hydroxyl groups is 1. The minimum absolute atomic E-state index is 0.119. The normalized spacial score (nSPS) is 10.7. The molecule has 1 aromatic heterocycles. The first kappa shape index (κ1) is 9.71. The summed E-state index contributed by atoms with van der Waals surface area (Å²) in [4.78, 5) is 13.4. The van der Waals surface area contributed by atoms with Crippen molar-refractivity contribution in [3.63, 3.8) is 0 Å². The van der Waals surface area contributed by atoms with Crippen molar-refractivity contribution in [2.45, 2.75) is 19.8 Å². The molecule has 1 heterocycles. The van der Waals surface area contributed by atoms with Crippen LogP contribution in [0.2, 0.25) is 0 Å². The molecule has 0 saturated heterocycles. The first-order valence-electron chi connectivity index (χ1n) is 4.93. The van der Waals surface area contributed by atoms with Gasteiger partial charge in [-0.15, -0.1) is 4.91 Å². The van der Waals surface area contributed by atoms with Crippen molar-refractivity contribution < 1.29 is 5.11 Å². The van der Waals surface area contributed by atoms with Crippen LogP contribution in [-0.4, -0.2) is 10.1 Å². The molecule has 0 saturated carbocycles. The average molecular weight is 204 g/mol. The van der Waals surface area contributed by atoms with Gasteiger partial charge in [0.15, 0.2) is 5.69 Å². The van der Waals surface area contributed by atoms with Gasteiger partial charge in [-0.05, 0) is 23.2 Å². The van der Waals surface area contributed by atoms with Gasteiger partial charge in [-0.2, -0.15) is 0 Å². The van der Waals surface area contributed by atoms with Crippen LogP contribution in [0.4, 0.5) is 5.69 Å². The fourth-order valence-corrected chi connectivity index (χ4v) is 1.86. The molecule has 0 fully saturated rings. The number of benzene rings is 1. The lowest BCUT2D eigenvalue weighted by molar-refractivity contribution is 0.460. The Labute approximate surface area is 86.9 Å². The number of hydrogen-bond donors (Lipinski definition) is 2. The monoisotopic (exact) mass is 204 g/mol. The Morgan fingerprint density at radius 1 is 1.47 bits per heavy atom. The summed E-state index contributed by atoms with van der Waals surface area (Å²) in [7, 11) is 0. The van der Waals surface area contributed by atoms with Crippen molar-refractivity contribution in [1.82, 2.24) is 4.98 Å². The van der Waals surface area contributed by atoms with Gasteiger partial charge in [0.05, 0.1) is 5.52 Å². The van der Waals surface area contributed by atoms with E-state index in [0.717, 1.165) is 29.3 Å². The number of rotatable bonds is 3. The number of nitroso groups, excluding NO2 is 1. The van der Waals surface area contributed by atoms with E-state index >= 15 is 0 Å². The Morgan fingerprint density at radius 3 is 2.93 bits per heavy atom. The minimum atomic E-state index is -0.149. The van der Waals surface area contributed by atoms with Gasteiger partial charge in [0.25, 0.3) is 0 Å². The van der Waals surface area contributed by atoms with Gasteiger partial charge in [0.1, 0.15) is 0 Å². The van der Waals surface area contributed by atoms with Crippen LogP contribution in [0.1, 0.15) is 18.9 Å². The molecule has 0 radical (unpaired) electrons. The number of aromatic amines is 1. The molecule has 2 aromatic rings. The van der Waals surface area contributed by atoms with Crippen LogP contribution in [0.25, 0.3) is 10.9 Å². The maximum atomic E-state index is 10.6. The Hall–Kier alpha value is -1.84. The van der Waals surface area contributed by atoms with Crippen LogP contribution in [0.15, 0.2) is 23.4 Å². The standard InChI is InChI=1S/C11H12N2O2/c1-2-4-7-5-3-6-8-9(7)10(13-15)11(14)12-8/h3,5-6,12,14H,2,4H2,1H3. The maximum Gasteiger partial charge on any atom is 0.219 e. The lowest BCUT2D eigenvalue weighted by atomic mass is 10.0. The van der Waals surface area contributed by atoms with Gasteiger partial charge in [0.2, 0.25) is 5.88 Å². The van der Waals surface area contributed by atoms with Gasteiger partial charge in [0, 0.05) is 5.39 Å². The van der Waals surface area contributed by atoms with Crippen molar-refractivity contribution in [3.05, 3.63) is 28.7 Å². The van der Waals surface area contributed by atoms with E-state index in [2.05, 4.69) is 17.1 Å². The first-order chi connectivity index (χ1) is 7.27. The van der Waals surface area contributed by atoms with Gasteiger partial charge in [-0.3, -0.25) is 0 Å². The van der Waals surface area contributed by atoms with E-state index in [-0.39, 0.29) is 11.6 Å². The number of hydrogen-bond acceptors (Lipinski definition) is 3. The number of nitrogens with zero attached hydrogens (tertiary/aromatic N) is 1. The molecule has 4 heteroatoms. The van der Waals surface area contributed by atoms with E-state index in [1.165, 1.54) is 0 Å². The smallest absolute Gasteiger partial charge is 0.219 e. The van der Waals surface area contributed by atoms with Crippen LogP contribution in [-0.2, 0) is 6.42 Å². The topological polar surface area (TPSA) is 65.4 Å². The second-order valence-corrected chi connectivity index (χ2v) is 3.50. The zero-order valence-electron chi connectivity index (χ0n) is 8.45. The van der Waals surface area contributed by atoms with E-state index < -0.39 is 0 Å². The highest BCUT2D eigenvalue weighted by molar-refractivity contribution is 5.96. The van der Waals surface area contributed by atoms with Gasteiger partial charge in [-0.1, -0.05) is 25.5 Å². The number of H-pyrrole nitrogens is 1. The SMILES string of the molecule is CCCc1cccc2[nH]c(O)c(N=O)c12. The summed E-state index contributed by atoms with van der Waals surface area (Å²) in [6.45, 7) is 2.07. The van der Waals surface area contributed by atoms with Crippen molar-refractivity contribution >= 4 is 16.6 Å². The van der Waals surface area contributed by atoms with Crippen molar-refractivity contribution in [2.75, 3.05) is 0 Å².